The number of carbonyl (C=O) groups excluding carboxylic acids is 2. The van der Waals surface area contributed by atoms with Gasteiger partial charge in [0.2, 0.25) is 5.91 Å². The first kappa shape index (κ1) is 15.3. The Morgan fingerprint density at radius 3 is 3.00 bits per heavy atom. The van der Waals surface area contributed by atoms with Gasteiger partial charge in [0.15, 0.2) is 0 Å². The number of carbonyl (C=O) groups is 2. The molecule has 2 rings (SSSR count). The van der Waals surface area contributed by atoms with Crippen molar-refractivity contribution in [2.24, 2.45) is 11.0 Å². The van der Waals surface area contributed by atoms with Crippen LogP contribution in [0.1, 0.15) is 13.3 Å². The second-order valence-corrected chi connectivity index (χ2v) is 5.52. The van der Waals surface area contributed by atoms with E-state index < -0.39 is 5.92 Å². The Labute approximate surface area is 131 Å². The molecular formula is C15H14BrN3O2. The standard InChI is InChI=1S/C15H14BrN3O2/c1-3-7-17-14(20)9-13-10(2)18-19(15(13)21)12-6-4-5-11(16)8-12/h1,4-6,8,13H,7,9H2,2H3,(H,17,20)/t13-/m1/s1. The summed E-state index contributed by atoms with van der Waals surface area (Å²) in [5, 5.41) is 8.14. The molecular weight excluding hydrogens is 334 g/mol. The Hall–Kier alpha value is -2.13. The molecule has 1 N–H and O–H groups in total. The third kappa shape index (κ3) is 3.50. The van der Waals surface area contributed by atoms with E-state index in [9.17, 15) is 9.59 Å². The summed E-state index contributed by atoms with van der Waals surface area (Å²) < 4.78 is 0.857. The Morgan fingerprint density at radius 2 is 2.33 bits per heavy atom. The van der Waals surface area contributed by atoms with Crippen LogP contribution in [0.5, 0.6) is 0 Å². The fraction of sp³-hybridized carbons (Fsp3) is 0.267. The second kappa shape index (κ2) is 6.55. The average molecular weight is 348 g/mol. The van der Waals surface area contributed by atoms with Crippen molar-refractivity contribution in [3.8, 4) is 12.3 Å². The highest BCUT2D eigenvalue weighted by atomic mass is 79.9. The molecule has 108 valence electrons. The topological polar surface area (TPSA) is 61.8 Å². The van der Waals surface area contributed by atoms with Crippen LogP contribution < -0.4 is 10.3 Å². The van der Waals surface area contributed by atoms with E-state index in [4.69, 9.17) is 6.42 Å². The summed E-state index contributed by atoms with van der Waals surface area (Å²) in [4.78, 5) is 24.1. The largest absolute Gasteiger partial charge is 0.345 e. The summed E-state index contributed by atoms with van der Waals surface area (Å²) in [6.07, 6.45) is 5.14. The molecule has 1 heterocycles. The molecule has 1 aromatic carbocycles. The highest BCUT2D eigenvalue weighted by Gasteiger charge is 2.35. The molecule has 2 amide bonds. The van der Waals surface area contributed by atoms with Gasteiger partial charge in [0, 0.05) is 16.6 Å². The van der Waals surface area contributed by atoms with Gasteiger partial charge in [-0.05, 0) is 25.1 Å². The molecule has 0 aliphatic carbocycles. The van der Waals surface area contributed by atoms with E-state index >= 15 is 0 Å². The number of hydrogen-bond acceptors (Lipinski definition) is 3. The molecule has 6 heteroatoms. The predicted octanol–water partition coefficient (Wildman–Crippen LogP) is 1.93. The van der Waals surface area contributed by atoms with Crippen molar-refractivity contribution in [1.82, 2.24) is 5.32 Å². The first-order chi connectivity index (χ1) is 10.0. The van der Waals surface area contributed by atoms with Gasteiger partial charge in [-0.1, -0.05) is 27.9 Å². The lowest BCUT2D eigenvalue weighted by Crippen LogP contribution is -2.33. The molecule has 1 aliphatic heterocycles. The molecule has 1 atom stereocenters. The number of rotatable bonds is 4. The van der Waals surface area contributed by atoms with Gasteiger partial charge in [-0.25, -0.2) is 5.01 Å². The minimum atomic E-state index is -0.540. The maximum atomic E-state index is 12.4. The van der Waals surface area contributed by atoms with E-state index in [0.29, 0.717) is 11.4 Å². The van der Waals surface area contributed by atoms with Gasteiger partial charge in [0.05, 0.1) is 18.2 Å². The Bertz CT molecular complexity index is 649. The van der Waals surface area contributed by atoms with Crippen molar-refractivity contribution in [2.45, 2.75) is 13.3 Å². The van der Waals surface area contributed by atoms with Crippen LogP contribution in [0.25, 0.3) is 0 Å². The maximum absolute atomic E-state index is 12.4. The van der Waals surface area contributed by atoms with Crippen LogP contribution >= 0.6 is 15.9 Å². The minimum Gasteiger partial charge on any atom is -0.345 e. The number of amides is 2. The zero-order valence-corrected chi connectivity index (χ0v) is 13.1. The van der Waals surface area contributed by atoms with Gasteiger partial charge in [0.25, 0.3) is 5.91 Å². The summed E-state index contributed by atoms with van der Waals surface area (Å²) >= 11 is 3.36. The summed E-state index contributed by atoms with van der Waals surface area (Å²) in [6.45, 7) is 1.90. The molecule has 0 bridgehead atoms. The first-order valence-electron chi connectivity index (χ1n) is 6.37. The van der Waals surface area contributed by atoms with Gasteiger partial charge in [-0.2, -0.15) is 5.10 Å². The normalized spacial score (nSPS) is 17.4. The number of terminal acetylenes is 1. The van der Waals surface area contributed by atoms with Crippen molar-refractivity contribution in [1.29, 1.82) is 0 Å². The van der Waals surface area contributed by atoms with Crippen LogP contribution in [0.15, 0.2) is 33.8 Å². The summed E-state index contributed by atoms with van der Waals surface area (Å²) in [6, 6.07) is 7.28. The van der Waals surface area contributed by atoms with Crippen LogP contribution in [-0.2, 0) is 9.59 Å². The maximum Gasteiger partial charge on any atom is 0.256 e. The molecule has 5 nitrogen and oxygen atoms in total. The number of halogens is 1. The number of nitrogens with zero attached hydrogens (tertiary/aromatic N) is 2. The number of benzene rings is 1. The number of hydrogen-bond donors (Lipinski definition) is 1. The van der Waals surface area contributed by atoms with Crippen molar-refractivity contribution in [2.75, 3.05) is 11.6 Å². The summed E-state index contributed by atoms with van der Waals surface area (Å²) in [5.41, 5.74) is 1.29. The molecule has 0 saturated carbocycles. The average Bonchev–Trinajstić information content (AvgIpc) is 2.73. The van der Waals surface area contributed by atoms with Gasteiger partial charge in [-0.15, -0.1) is 6.42 Å². The number of hydrazone groups is 1. The van der Waals surface area contributed by atoms with E-state index in [0.717, 1.165) is 4.47 Å². The SMILES string of the molecule is C#CCNC(=O)C[C@H]1C(=O)N(c2cccc(Br)c2)N=C1C. The Morgan fingerprint density at radius 1 is 1.57 bits per heavy atom. The molecule has 0 radical (unpaired) electrons. The predicted molar refractivity (Wildman–Crippen MR) is 84.7 cm³/mol. The third-order valence-corrected chi connectivity index (χ3v) is 3.59. The zero-order chi connectivity index (χ0) is 15.4. The van der Waals surface area contributed by atoms with Crippen LogP contribution in [0.2, 0.25) is 0 Å². The lowest BCUT2D eigenvalue weighted by molar-refractivity contribution is -0.126. The highest BCUT2D eigenvalue weighted by Crippen LogP contribution is 2.27. The third-order valence-electron chi connectivity index (χ3n) is 3.10. The van der Waals surface area contributed by atoms with Crippen molar-refractivity contribution >= 4 is 39.1 Å². The summed E-state index contributed by atoms with van der Waals surface area (Å²) in [5.74, 6) is 1.32. The van der Waals surface area contributed by atoms with Crippen LogP contribution in [0.3, 0.4) is 0 Å². The summed E-state index contributed by atoms with van der Waals surface area (Å²) in [7, 11) is 0. The first-order valence-corrected chi connectivity index (χ1v) is 7.17. The van der Waals surface area contributed by atoms with E-state index in [-0.39, 0.29) is 24.8 Å². The monoisotopic (exact) mass is 347 g/mol. The molecule has 1 aliphatic rings. The fourth-order valence-electron chi connectivity index (χ4n) is 2.04. The smallest absolute Gasteiger partial charge is 0.256 e. The van der Waals surface area contributed by atoms with Gasteiger partial charge < -0.3 is 5.32 Å². The van der Waals surface area contributed by atoms with E-state index in [2.05, 4.69) is 32.3 Å². The molecule has 0 fully saturated rings. The van der Waals surface area contributed by atoms with Crippen molar-refractivity contribution < 1.29 is 9.59 Å². The molecule has 1 aromatic rings. The van der Waals surface area contributed by atoms with Crippen LogP contribution in [0.4, 0.5) is 5.69 Å². The van der Waals surface area contributed by atoms with Crippen molar-refractivity contribution in [3.05, 3.63) is 28.7 Å². The number of nitrogens with one attached hydrogen (secondary N) is 1. The lowest BCUT2D eigenvalue weighted by atomic mass is 10.00. The van der Waals surface area contributed by atoms with E-state index in [1.54, 1.807) is 19.1 Å². The van der Waals surface area contributed by atoms with Gasteiger partial charge >= 0.3 is 0 Å². The van der Waals surface area contributed by atoms with E-state index in [1.165, 1.54) is 5.01 Å². The second-order valence-electron chi connectivity index (χ2n) is 4.61. The fourth-order valence-corrected chi connectivity index (χ4v) is 2.43. The highest BCUT2D eigenvalue weighted by molar-refractivity contribution is 9.10. The molecule has 0 spiro atoms. The Kier molecular flexibility index (Phi) is 4.76. The molecule has 0 unspecified atom stereocenters. The zero-order valence-electron chi connectivity index (χ0n) is 11.5. The minimum absolute atomic E-state index is 0.0559. The van der Waals surface area contributed by atoms with Crippen LogP contribution in [0, 0.1) is 18.3 Å². The van der Waals surface area contributed by atoms with Crippen molar-refractivity contribution in [3.63, 3.8) is 0 Å². The Balaban J connectivity index is 2.12. The molecule has 0 saturated heterocycles. The molecule has 21 heavy (non-hydrogen) atoms. The number of anilines is 1. The lowest BCUT2D eigenvalue weighted by Gasteiger charge is -2.14. The van der Waals surface area contributed by atoms with E-state index in [1.807, 2.05) is 12.1 Å². The quantitative estimate of drug-likeness (QED) is 0.846. The van der Waals surface area contributed by atoms with Gasteiger partial charge in [0.1, 0.15) is 0 Å². The van der Waals surface area contributed by atoms with Gasteiger partial charge in [-0.3, -0.25) is 9.59 Å². The van der Waals surface area contributed by atoms with Crippen LogP contribution in [-0.4, -0.2) is 24.1 Å². The molecule has 0 aromatic heterocycles.